The Balaban J connectivity index is 1.70. The summed E-state index contributed by atoms with van der Waals surface area (Å²) in [7, 11) is 1.64. The van der Waals surface area contributed by atoms with Crippen molar-refractivity contribution in [3.63, 3.8) is 0 Å². The number of methoxy groups -OCH3 is 1. The molecule has 1 atom stereocenters. The van der Waals surface area contributed by atoms with Crippen LogP contribution in [0.2, 0.25) is 0 Å². The zero-order valence-corrected chi connectivity index (χ0v) is 20.0. The molecule has 1 heterocycles. The minimum absolute atomic E-state index is 0.0786. The summed E-state index contributed by atoms with van der Waals surface area (Å²) in [6, 6.07) is 12.4. The van der Waals surface area contributed by atoms with Crippen LogP contribution in [0.5, 0.6) is 11.5 Å². The average Bonchev–Trinajstić information content (AvgIpc) is 2.78. The number of benzene rings is 2. The van der Waals surface area contributed by atoms with E-state index >= 15 is 0 Å². The van der Waals surface area contributed by atoms with Gasteiger partial charge in [0.25, 0.3) is 5.69 Å². The second-order valence-corrected chi connectivity index (χ2v) is 9.74. The van der Waals surface area contributed by atoms with Gasteiger partial charge in [0.15, 0.2) is 0 Å². The second kappa shape index (κ2) is 10.5. The van der Waals surface area contributed by atoms with Gasteiger partial charge in [0.2, 0.25) is 0 Å². The summed E-state index contributed by atoms with van der Waals surface area (Å²) in [4.78, 5) is 10.6. The van der Waals surface area contributed by atoms with Crippen molar-refractivity contribution in [3.05, 3.63) is 63.7 Å². The summed E-state index contributed by atoms with van der Waals surface area (Å²) in [5.74, 6) is 1.51. The van der Waals surface area contributed by atoms with Crippen molar-refractivity contribution in [2.45, 2.75) is 38.8 Å². The number of quaternary nitrogens is 1. The molecule has 1 saturated heterocycles. The van der Waals surface area contributed by atoms with E-state index in [1.165, 1.54) is 12.1 Å². The molecule has 2 aromatic rings. The lowest BCUT2D eigenvalue weighted by Crippen LogP contribution is -2.58. The van der Waals surface area contributed by atoms with Crippen LogP contribution in [0.15, 0.2) is 42.5 Å². The maximum Gasteiger partial charge on any atom is 0.269 e. The monoisotopic (exact) mass is 459 g/mol. The molecule has 0 radical (unpaired) electrons. The van der Waals surface area contributed by atoms with Gasteiger partial charge in [0.05, 0.1) is 25.2 Å². The molecule has 1 unspecified atom stereocenters. The van der Waals surface area contributed by atoms with E-state index in [1.807, 2.05) is 18.2 Å². The van der Waals surface area contributed by atoms with E-state index in [-0.39, 0.29) is 17.7 Å². The molecule has 0 spiro atoms. The minimum Gasteiger partial charge on any atom is -0.497 e. The Morgan fingerprint density at radius 1 is 1.15 bits per heavy atom. The molecular weight excluding hydrogens is 424 g/mol. The van der Waals surface area contributed by atoms with Crippen LogP contribution >= 0.6 is 0 Å². The first-order valence-corrected chi connectivity index (χ1v) is 11.3. The van der Waals surface area contributed by atoms with Crippen LogP contribution in [-0.2, 0) is 16.7 Å². The number of aliphatic hydroxyl groups is 1. The lowest BCUT2D eigenvalue weighted by atomic mass is 9.86. The molecule has 33 heavy (non-hydrogen) atoms. The number of hydrogen-bond donors (Lipinski definition) is 1. The molecule has 3 rings (SSSR count). The topological polar surface area (TPSA) is 91.1 Å². The number of non-ortho nitro benzene ring substituents is 1. The molecule has 8 heteroatoms. The van der Waals surface area contributed by atoms with Crippen molar-refractivity contribution in [1.29, 1.82) is 0 Å². The van der Waals surface area contributed by atoms with Gasteiger partial charge >= 0.3 is 0 Å². The molecule has 1 N–H and O–H groups in total. The third-order valence-corrected chi connectivity index (χ3v) is 6.11. The van der Waals surface area contributed by atoms with E-state index < -0.39 is 11.0 Å². The normalized spacial score (nSPS) is 16.8. The molecule has 1 aliphatic heterocycles. The number of rotatable bonds is 9. The predicted molar refractivity (Wildman–Crippen MR) is 126 cm³/mol. The third-order valence-electron chi connectivity index (χ3n) is 6.11. The molecule has 2 aromatic carbocycles. The van der Waals surface area contributed by atoms with E-state index in [2.05, 4.69) is 20.8 Å². The second-order valence-electron chi connectivity index (χ2n) is 9.74. The first kappa shape index (κ1) is 25.0. The van der Waals surface area contributed by atoms with E-state index in [0.717, 1.165) is 35.7 Å². The first-order valence-electron chi connectivity index (χ1n) is 11.3. The Bertz CT molecular complexity index is 933. The number of aliphatic hydroxyl groups excluding tert-OH is 1. The summed E-state index contributed by atoms with van der Waals surface area (Å²) in [5.41, 5.74) is 1.97. The standard InChI is InChI=1S/C25H35N2O6/c1-25(2,3)23-15-22(31-4)9-10-24(23)33-18-21(28)17-27(11-13-32-14-12-27)16-19-5-7-20(8-6-19)26(29)30/h5-10,15,21,28H,11-14,16-18H2,1-4H3/q+1. The maximum absolute atomic E-state index is 11.0. The van der Waals surface area contributed by atoms with Gasteiger partial charge in [-0.25, -0.2) is 0 Å². The first-order chi connectivity index (χ1) is 15.6. The zero-order chi connectivity index (χ0) is 24.1. The van der Waals surface area contributed by atoms with Crippen molar-refractivity contribution >= 4 is 5.69 Å². The molecular formula is C25H35N2O6+. The number of nitro groups is 1. The fourth-order valence-corrected chi connectivity index (χ4v) is 4.28. The number of nitrogens with zero attached hydrogens (tertiary/aromatic N) is 2. The van der Waals surface area contributed by atoms with Crippen molar-refractivity contribution in [2.75, 3.05) is 46.6 Å². The van der Waals surface area contributed by atoms with Gasteiger partial charge in [-0.05, 0) is 35.7 Å². The van der Waals surface area contributed by atoms with Gasteiger partial charge < -0.3 is 23.8 Å². The molecule has 0 saturated carbocycles. The molecule has 180 valence electrons. The van der Waals surface area contributed by atoms with Crippen LogP contribution in [-0.4, -0.2) is 67.2 Å². The van der Waals surface area contributed by atoms with Crippen LogP contribution in [0.25, 0.3) is 0 Å². The largest absolute Gasteiger partial charge is 0.497 e. The minimum atomic E-state index is -0.670. The number of nitro benzene ring substituents is 1. The Labute approximate surface area is 195 Å². The van der Waals surface area contributed by atoms with Crippen molar-refractivity contribution < 1.29 is 28.7 Å². The van der Waals surface area contributed by atoms with E-state index in [4.69, 9.17) is 14.2 Å². The van der Waals surface area contributed by atoms with Gasteiger partial charge in [0.1, 0.15) is 50.4 Å². The van der Waals surface area contributed by atoms with E-state index in [9.17, 15) is 15.2 Å². The van der Waals surface area contributed by atoms with Crippen LogP contribution in [0.1, 0.15) is 31.9 Å². The summed E-state index contributed by atoms with van der Waals surface area (Å²) < 4.78 is 17.7. The van der Waals surface area contributed by atoms with Crippen molar-refractivity contribution in [3.8, 4) is 11.5 Å². The Hall–Kier alpha value is -2.68. The fourth-order valence-electron chi connectivity index (χ4n) is 4.28. The molecule has 0 bridgehead atoms. The van der Waals surface area contributed by atoms with Crippen LogP contribution < -0.4 is 9.47 Å². The zero-order valence-electron chi connectivity index (χ0n) is 20.0. The van der Waals surface area contributed by atoms with E-state index in [0.29, 0.717) is 30.8 Å². The highest BCUT2D eigenvalue weighted by molar-refractivity contribution is 5.44. The number of hydrogen-bond acceptors (Lipinski definition) is 6. The molecule has 1 aliphatic rings. The highest BCUT2D eigenvalue weighted by Gasteiger charge is 2.34. The predicted octanol–water partition coefficient (Wildman–Crippen LogP) is 3.69. The van der Waals surface area contributed by atoms with Gasteiger partial charge in [-0.3, -0.25) is 10.1 Å². The quantitative estimate of drug-likeness (QED) is 0.349. The summed E-state index contributed by atoms with van der Waals surface area (Å²) >= 11 is 0. The molecule has 1 fully saturated rings. The Morgan fingerprint density at radius 3 is 2.39 bits per heavy atom. The molecule has 0 aliphatic carbocycles. The average molecular weight is 460 g/mol. The highest BCUT2D eigenvalue weighted by Crippen LogP contribution is 2.34. The lowest BCUT2D eigenvalue weighted by Gasteiger charge is -2.42. The van der Waals surface area contributed by atoms with E-state index in [1.54, 1.807) is 19.2 Å². The Morgan fingerprint density at radius 2 is 1.82 bits per heavy atom. The molecule has 8 nitrogen and oxygen atoms in total. The fraction of sp³-hybridized carbons (Fsp3) is 0.520. The highest BCUT2D eigenvalue weighted by atomic mass is 16.6. The van der Waals surface area contributed by atoms with Crippen LogP contribution in [0.3, 0.4) is 0 Å². The van der Waals surface area contributed by atoms with Gasteiger partial charge in [-0.1, -0.05) is 20.8 Å². The van der Waals surface area contributed by atoms with Crippen LogP contribution in [0.4, 0.5) is 5.69 Å². The number of morpholine rings is 1. The van der Waals surface area contributed by atoms with Crippen LogP contribution in [0, 0.1) is 10.1 Å². The van der Waals surface area contributed by atoms with Gasteiger partial charge in [0, 0.05) is 23.3 Å². The van der Waals surface area contributed by atoms with Crippen molar-refractivity contribution in [2.24, 2.45) is 0 Å². The Kier molecular flexibility index (Phi) is 7.94. The van der Waals surface area contributed by atoms with Crippen molar-refractivity contribution in [1.82, 2.24) is 0 Å². The van der Waals surface area contributed by atoms with Gasteiger partial charge in [-0.2, -0.15) is 0 Å². The molecule has 0 amide bonds. The summed E-state index contributed by atoms with van der Waals surface area (Å²) in [6.07, 6.45) is -0.670. The molecule has 0 aromatic heterocycles. The SMILES string of the molecule is COc1ccc(OCC(O)C[N+]2(Cc3ccc([N+](=O)[O-])cc3)CCOCC2)c(C(C)(C)C)c1. The third kappa shape index (κ3) is 6.66. The smallest absolute Gasteiger partial charge is 0.269 e. The summed E-state index contributed by atoms with van der Waals surface area (Å²) in [6.45, 7) is 10.5. The maximum atomic E-state index is 11.0. The lowest BCUT2D eigenvalue weighted by molar-refractivity contribution is -0.950. The number of ether oxygens (including phenoxy) is 3. The van der Waals surface area contributed by atoms with Gasteiger partial charge in [-0.15, -0.1) is 0 Å². The summed E-state index contributed by atoms with van der Waals surface area (Å²) in [5, 5.41) is 21.9.